The summed E-state index contributed by atoms with van der Waals surface area (Å²) in [5.74, 6) is -0.272. The molecule has 0 fully saturated rings. The van der Waals surface area contributed by atoms with Crippen molar-refractivity contribution < 1.29 is 4.39 Å². The number of rotatable bonds is 4. The normalized spacial score (nSPS) is 13.8. The van der Waals surface area contributed by atoms with Crippen LogP contribution in [0.25, 0.3) is 0 Å². The molecule has 2 atom stereocenters. The van der Waals surface area contributed by atoms with Crippen LogP contribution < -0.4 is 10.6 Å². The van der Waals surface area contributed by atoms with Gasteiger partial charge in [0.05, 0.1) is 11.7 Å². The van der Waals surface area contributed by atoms with Crippen molar-refractivity contribution in [3.8, 4) is 0 Å². The molecule has 1 unspecified atom stereocenters. The lowest BCUT2D eigenvalue weighted by Crippen LogP contribution is -2.23. The van der Waals surface area contributed by atoms with Gasteiger partial charge in [-0.15, -0.1) is 0 Å². The fourth-order valence-electron chi connectivity index (χ4n) is 2.32. The van der Waals surface area contributed by atoms with Crippen molar-refractivity contribution in [2.75, 3.05) is 11.9 Å². The highest BCUT2D eigenvalue weighted by atomic mass is 35.5. The van der Waals surface area contributed by atoms with E-state index in [1.165, 1.54) is 6.07 Å². The molecule has 0 amide bonds. The summed E-state index contributed by atoms with van der Waals surface area (Å²) in [6.07, 6.45) is 0. The van der Waals surface area contributed by atoms with Gasteiger partial charge in [-0.3, -0.25) is 0 Å². The van der Waals surface area contributed by atoms with Gasteiger partial charge in [0.2, 0.25) is 0 Å². The summed E-state index contributed by atoms with van der Waals surface area (Å²) in [6.45, 7) is 3.84. The smallest absolute Gasteiger partial charge is 0.146 e. The Morgan fingerprint density at radius 3 is 2.38 bits per heavy atom. The van der Waals surface area contributed by atoms with Crippen LogP contribution in [-0.2, 0) is 0 Å². The molecule has 0 radical (unpaired) electrons. The number of anilines is 1. The minimum Gasteiger partial charge on any atom is -0.365 e. The summed E-state index contributed by atoms with van der Waals surface area (Å²) < 4.78 is 14.3. The predicted molar refractivity (Wildman–Crippen MR) is 87.3 cm³/mol. The standard InChI is InChI=1S/C17H20ClFN2/c1-11(20)13-8-9-17(16(19)10-13)21(3)12(2)14-6-4-5-7-15(14)18/h4-12H,20H2,1-3H3/t11-,12?/m0/s1. The lowest BCUT2D eigenvalue weighted by atomic mass is 10.0. The average Bonchev–Trinajstić information content (AvgIpc) is 2.46. The molecule has 2 aromatic carbocycles. The summed E-state index contributed by atoms with van der Waals surface area (Å²) in [4.78, 5) is 1.88. The van der Waals surface area contributed by atoms with E-state index in [1.807, 2.05) is 56.1 Å². The molecule has 2 aromatic rings. The van der Waals surface area contributed by atoms with E-state index in [-0.39, 0.29) is 17.9 Å². The second-order valence-corrected chi connectivity index (χ2v) is 5.72. The molecule has 0 aliphatic carbocycles. The SMILES string of the molecule is CC(c1ccccc1Cl)N(C)c1ccc([C@H](C)N)cc1F. The Bertz CT molecular complexity index is 628. The fraction of sp³-hybridized carbons (Fsp3) is 0.294. The molecule has 0 spiro atoms. The molecule has 2 nitrogen and oxygen atoms in total. The van der Waals surface area contributed by atoms with Crippen LogP contribution in [0.15, 0.2) is 42.5 Å². The summed E-state index contributed by atoms with van der Waals surface area (Å²) in [5, 5.41) is 0.685. The van der Waals surface area contributed by atoms with Crippen LogP contribution in [0.3, 0.4) is 0 Å². The van der Waals surface area contributed by atoms with Crippen molar-refractivity contribution in [1.82, 2.24) is 0 Å². The minimum atomic E-state index is -0.272. The van der Waals surface area contributed by atoms with Crippen molar-refractivity contribution in [2.24, 2.45) is 5.73 Å². The predicted octanol–water partition coefficient (Wildman–Crippen LogP) is 4.70. The van der Waals surface area contributed by atoms with Crippen LogP contribution in [0, 0.1) is 5.82 Å². The molecular weight excluding hydrogens is 287 g/mol. The highest BCUT2D eigenvalue weighted by molar-refractivity contribution is 6.31. The van der Waals surface area contributed by atoms with Gasteiger partial charge in [0, 0.05) is 18.1 Å². The van der Waals surface area contributed by atoms with Crippen LogP contribution >= 0.6 is 11.6 Å². The maximum absolute atomic E-state index is 14.3. The van der Waals surface area contributed by atoms with E-state index in [2.05, 4.69) is 0 Å². The molecule has 2 rings (SSSR count). The number of hydrogen-bond acceptors (Lipinski definition) is 2. The first-order chi connectivity index (χ1) is 9.91. The molecule has 0 saturated heterocycles. The maximum Gasteiger partial charge on any atom is 0.146 e. The van der Waals surface area contributed by atoms with Crippen LogP contribution in [0.5, 0.6) is 0 Å². The van der Waals surface area contributed by atoms with Crippen LogP contribution in [-0.4, -0.2) is 7.05 Å². The molecule has 2 N–H and O–H groups in total. The Balaban J connectivity index is 2.32. The Morgan fingerprint density at radius 1 is 1.14 bits per heavy atom. The van der Waals surface area contributed by atoms with Crippen LogP contribution in [0.2, 0.25) is 5.02 Å². The van der Waals surface area contributed by atoms with Gasteiger partial charge in [-0.25, -0.2) is 4.39 Å². The highest BCUT2D eigenvalue weighted by Gasteiger charge is 2.18. The number of nitrogens with two attached hydrogens (primary N) is 1. The minimum absolute atomic E-state index is 0.0330. The monoisotopic (exact) mass is 306 g/mol. The van der Waals surface area contributed by atoms with Crippen molar-refractivity contribution in [3.05, 3.63) is 64.4 Å². The van der Waals surface area contributed by atoms with Gasteiger partial charge in [0.15, 0.2) is 0 Å². The first-order valence-corrected chi connectivity index (χ1v) is 7.32. The Labute approximate surface area is 130 Å². The zero-order chi connectivity index (χ0) is 15.6. The van der Waals surface area contributed by atoms with Gasteiger partial charge in [0.25, 0.3) is 0 Å². The number of nitrogens with zero attached hydrogens (tertiary/aromatic N) is 1. The molecule has 0 aliphatic heterocycles. The maximum atomic E-state index is 14.3. The molecule has 0 aliphatic rings. The summed E-state index contributed by atoms with van der Waals surface area (Å²) in [6, 6.07) is 12.5. The first-order valence-electron chi connectivity index (χ1n) is 6.94. The van der Waals surface area contributed by atoms with Crippen LogP contribution in [0.4, 0.5) is 10.1 Å². The molecule has 0 saturated carbocycles. The molecule has 4 heteroatoms. The van der Waals surface area contributed by atoms with E-state index in [1.54, 1.807) is 6.07 Å². The van der Waals surface area contributed by atoms with Crippen molar-refractivity contribution >= 4 is 17.3 Å². The molecule has 112 valence electrons. The van der Waals surface area contributed by atoms with Gasteiger partial charge in [-0.1, -0.05) is 35.9 Å². The summed E-state index contributed by atoms with van der Waals surface area (Å²) in [7, 11) is 1.86. The zero-order valence-electron chi connectivity index (χ0n) is 12.5. The van der Waals surface area contributed by atoms with Crippen molar-refractivity contribution in [3.63, 3.8) is 0 Å². The van der Waals surface area contributed by atoms with E-state index in [0.717, 1.165) is 11.1 Å². The second-order valence-electron chi connectivity index (χ2n) is 5.31. The van der Waals surface area contributed by atoms with Gasteiger partial charge < -0.3 is 10.6 Å². The van der Waals surface area contributed by atoms with E-state index < -0.39 is 0 Å². The second kappa shape index (κ2) is 6.46. The van der Waals surface area contributed by atoms with Gasteiger partial charge in [-0.2, -0.15) is 0 Å². The number of halogens is 2. The van der Waals surface area contributed by atoms with Gasteiger partial charge in [-0.05, 0) is 43.2 Å². The third-order valence-corrected chi connectivity index (χ3v) is 4.16. The fourth-order valence-corrected chi connectivity index (χ4v) is 2.62. The van der Waals surface area contributed by atoms with Gasteiger partial charge >= 0.3 is 0 Å². The largest absolute Gasteiger partial charge is 0.365 e. The lowest BCUT2D eigenvalue weighted by molar-refractivity contribution is 0.607. The van der Waals surface area contributed by atoms with Gasteiger partial charge in [0.1, 0.15) is 5.82 Å². The number of hydrogen-bond donors (Lipinski definition) is 1. The molecule has 0 aromatic heterocycles. The average molecular weight is 307 g/mol. The van der Waals surface area contributed by atoms with Crippen molar-refractivity contribution in [2.45, 2.75) is 25.9 Å². The third kappa shape index (κ3) is 3.36. The Hall–Kier alpha value is -1.58. The first kappa shape index (κ1) is 15.8. The topological polar surface area (TPSA) is 29.3 Å². The van der Waals surface area contributed by atoms with E-state index in [4.69, 9.17) is 17.3 Å². The lowest BCUT2D eigenvalue weighted by Gasteiger charge is -2.28. The summed E-state index contributed by atoms with van der Waals surface area (Å²) in [5.41, 5.74) is 8.07. The van der Waals surface area contributed by atoms with E-state index in [0.29, 0.717) is 10.7 Å². The molecule has 0 heterocycles. The van der Waals surface area contributed by atoms with E-state index in [9.17, 15) is 4.39 Å². The molecular formula is C17H20ClFN2. The Morgan fingerprint density at radius 2 is 1.81 bits per heavy atom. The summed E-state index contributed by atoms with van der Waals surface area (Å²) >= 11 is 6.22. The quantitative estimate of drug-likeness (QED) is 0.887. The third-order valence-electron chi connectivity index (χ3n) is 3.81. The molecule has 21 heavy (non-hydrogen) atoms. The Kier molecular flexibility index (Phi) is 4.86. The highest BCUT2D eigenvalue weighted by Crippen LogP contribution is 2.31. The zero-order valence-corrected chi connectivity index (χ0v) is 13.2. The van der Waals surface area contributed by atoms with Crippen molar-refractivity contribution in [1.29, 1.82) is 0 Å². The van der Waals surface area contributed by atoms with E-state index >= 15 is 0 Å². The molecule has 0 bridgehead atoms. The number of benzene rings is 2. The van der Waals surface area contributed by atoms with Crippen LogP contribution in [0.1, 0.15) is 37.1 Å².